The zero-order valence-corrected chi connectivity index (χ0v) is 11.8. The summed E-state index contributed by atoms with van der Waals surface area (Å²) in [5.74, 6) is 1.89. The fourth-order valence-corrected chi connectivity index (χ4v) is 3.05. The van der Waals surface area contributed by atoms with Gasteiger partial charge in [0, 0.05) is 12.0 Å². The van der Waals surface area contributed by atoms with Crippen LogP contribution in [0.2, 0.25) is 5.02 Å². The van der Waals surface area contributed by atoms with Gasteiger partial charge in [-0.15, -0.1) is 0 Å². The third-order valence-electron chi connectivity index (χ3n) is 3.81. The Morgan fingerprint density at radius 2 is 1.95 bits per heavy atom. The number of hydrogen-bond donors (Lipinski definition) is 1. The lowest BCUT2D eigenvalue weighted by Crippen LogP contribution is -2.18. The molecule has 1 unspecified atom stereocenters. The van der Waals surface area contributed by atoms with E-state index in [9.17, 15) is 5.11 Å². The van der Waals surface area contributed by atoms with E-state index in [0.29, 0.717) is 28.7 Å². The number of fused-ring (bicyclic) bond motifs is 2. The number of aliphatic hydroxyl groups excluding tert-OH is 1. The number of rotatable bonds is 1. The van der Waals surface area contributed by atoms with Crippen LogP contribution in [0, 0.1) is 0 Å². The normalized spacial score (nSPS) is 22.6. The number of para-hydroxylation sites is 1. The van der Waals surface area contributed by atoms with E-state index in [1.807, 2.05) is 30.3 Å². The van der Waals surface area contributed by atoms with Gasteiger partial charge in [0.1, 0.15) is 11.9 Å². The molecular weight excluding hydrogens is 292 g/mol. The van der Waals surface area contributed by atoms with Gasteiger partial charge >= 0.3 is 0 Å². The second-order valence-corrected chi connectivity index (χ2v) is 5.54. The quantitative estimate of drug-likeness (QED) is 0.874. The van der Waals surface area contributed by atoms with Crippen molar-refractivity contribution in [1.29, 1.82) is 0 Å². The molecule has 2 aromatic carbocycles. The molecule has 2 aromatic rings. The molecule has 1 N–H and O–H groups in total. The molecule has 2 heterocycles. The van der Waals surface area contributed by atoms with Gasteiger partial charge in [0.15, 0.2) is 11.5 Å². The van der Waals surface area contributed by atoms with E-state index in [1.165, 1.54) is 0 Å². The molecule has 21 heavy (non-hydrogen) atoms. The predicted molar refractivity (Wildman–Crippen MR) is 77.0 cm³/mol. The van der Waals surface area contributed by atoms with Crippen molar-refractivity contribution in [2.45, 2.75) is 18.6 Å². The SMILES string of the molecule is O[C@H]1CC(c2cc(Cl)c3c(c2)OCO3)Oc2ccccc21. The maximum atomic E-state index is 10.3. The van der Waals surface area contributed by atoms with Crippen molar-refractivity contribution in [3.8, 4) is 17.2 Å². The van der Waals surface area contributed by atoms with Crippen molar-refractivity contribution >= 4 is 11.6 Å². The summed E-state index contributed by atoms with van der Waals surface area (Å²) in [7, 11) is 0. The lowest BCUT2D eigenvalue weighted by molar-refractivity contribution is 0.0656. The highest BCUT2D eigenvalue weighted by molar-refractivity contribution is 6.32. The summed E-state index contributed by atoms with van der Waals surface area (Å²) in [4.78, 5) is 0. The summed E-state index contributed by atoms with van der Waals surface area (Å²) in [6, 6.07) is 11.2. The van der Waals surface area contributed by atoms with Gasteiger partial charge in [-0.1, -0.05) is 29.8 Å². The summed E-state index contributed by atoms with van der Waals surface area (Å²) in [5.41, 5.74) is 1.69. The third kappa shape index (κ3) is 2.11. The fourth-order valence-electron chi connectivity index (χ4n) is 2.77. The first kappa shape index (κ1) is 12.8. The van der Waals surface area contributed by atoms with Gasteiger partial charge < -0.3 is 19.3 Å². The fraction of sp³-hybridized carbons (Fsp3) is 0.250. The number of halogens is 1. The Morgan fingerprint density at radius 3 is 2.86 bits per heavy atom. The first-order valence-electron chi connectivity index (χ1n) is 6.75. The Hall–Kier alpha value is -1.91. The molecule has 108 valence electrons. The van der Waals surface area contributed by atoms with Crippen molar-refractivity contribution in [2.24, 2.45) is 0 Å². The van der Waals surface area contributed by atoms with Crippen LogP contribution in [0.1, 0.15) is 29.8 Å². The van der Waals surface area contributed by atoms with Gasteiger partial charge in [-0.25, -0.2) is 0 Å². The number of aliphatic hydroxyl groups is 1. The summed E-state index contributed by atoms with van der Waals surface area (Å²) in [6.45, 7) is 0.176. The molecule has 2 aliphatic rings. The molecule has 0 bridgehead atoms. The van der Waals surface area contributed by atoms with E-state index in [2.05, 4.69) is 0 Å². The first-order chi connectivity index (χ1) is 10.2. The van der Waals surface area contributed by atoms with Crippen molar-refractivity contribution in [3.63, 3.8) is 0 Å². The van der Waals surface area contributed by atoms with Gasteiger partial charge in [0.05, 0.1) is 11.1 Å². The smallest absolute Gasteiger partial charge is 0.231 e. The Balaban J connectivity index is 1.71. The van der Waals surface area contributed by atoms with Crippen molar-refractivity contribution < 1.29 is 19.3 Å². The Kier molecular flexibility index (Phi) is 2.94. The largest absolute Gasteiger partial charge is 0.485 e. The van der Waals surface area contributed by atoms with Crippen LogP contribution in [0.5, 0.6) is 17.2 Å². The van der Waals surface area contributed by atoms with Gasteiger partial charge in [-0.3, -0.25) is 0 Å². The van der Waals surface area contributed by atoms with E-state index in [-0.39, 0.29) is 12.9 Å². The van der Waals surface area contributed by atoms with E-state index >= 15 is 0 Å². The molecule has 0 saturated heterocycles. The van der Waals surface area contributed by atoms with Gasteiger partial charge in [0.2, 0.25) is 6.79 Å². The second-order valence-electron chi connectivity index (χ2n) is 5.13. The molecule has 2 aliphatic heterocycles. The lowest BCUT2D eigenvalue weighted by Gasteiger charge is -2.30. The maximum absolute atomic E-state index is 10.3. The van der Waals surface area contributed by atoms with E-state index in [0.717, 1.165) is 11.1 Å². The highest BCUT2D eigenvalue weighted by Crippen LogP contribution is 2.45. The summed E-state index contributed by atoms with van der Waals surface area (Å²) >= 11 is 6.21. The van der Waals surface area contributed by atoms with Gasteiger partial charge in [0.25, 0.3) is 0 Å². The highest BCUT2D eigenvalue weighted by Gasteiger charge is 2.30. The predicted octanol–water partition coefficient (Wildman–Crippen LogP) is 3.63. The summed E-state index contributed by atoms with van der Waals surface area (Å²) < 4.78 is 16.7. The average Bonchev–Trinajstić information content (AvgIpc) is 2.96. The van der Waals surface area contributed by atoms with E-state index in [4.69, 9.17) is 25.8 Å². The van der Waals surface area contributed by atoms with E-state index in [1.54, 1.807) is 6.07 Å². The third-order valence-corrected chi connectivity index (χ3v) is 4.09. The molecule has 4 rings (SSSR count). The molecule has 2 atom stereocenters. The number of ether oxygens (including phenoxy) is 3. The van der Waals surface area contributed by atoms with Crippen LogP contribution in [-0.2, 0) is 0 Å². The summed E-state index contributed by atoms with van der Waals surface area (Å²) in [6.07, 6.45) is -0.335. The van der Waals surface area contributed by atoms with Crippen molar-refractivity contribution in [2.75, 3.05) is 6.79 Å². The molecule has 0 amide bonds. The topological polar surface area (TPSA) is 47.9 Å². The number of hydrogen-bond acceptors (Lipinski definition) is 4. The standard InChI is InChI=1S/C16H13ClO4/c17-11-5-9(6-15-16(11)20-8-19-15)14-7-12(18)10-3-1-2-4-13(10)21-14/h1-6,12,14,18H,7-8H2/t12-,14?/m0/s1. The highest BCUT2D eigenvalue weighted by atomic mass is 35.5. The molecule has 0 aliphatic carbocycles. The van der Waals surface area contributed by atoms with Crippen LogP contribution < -0.4 is 14.2 Å². The zero-order chi connectivity index (χ0) is 14.4. The number of benzene rings is 2. The Morgan fingerprint density at radius 1 is 1.10 bits per heavy atom. The van der Waals surface area contributed by atoms with Crippen LogP contribution >= 0.6 is 11.6 Å². The van der Waals surface area contributed by atoms with E-state index < -0.39 is 6.10 Å². The zero-order valence-electron chi connectivity index (χ0n) is 11.1. The lowest BCUT2D eigenvalue weighted by atomic mass is 9.95. The van der Waals surface area contributed by atoms with Crippen LogP contribution in [0.3, 0.4) is 0 Å². The first-order valence-corrected chi connectivity index (χ1v) is 7.13. The maximum Gasteiger partial charge on any atom is 0.231 e. The Labute approximate surface area is 126 Å². The molecule has 0 saturated carbocycles. The van der Waals surface area contributed by atoms with Gasteiger partial charge in [-0.05, 0) is 23.8 Å². The minimum absolute atomic E-state index is 0.176. The molecular formula is C16H13ClO4. The molecule has 0 fully saturated rings. The van der Waals surface area contributed by atoms with Crippen LogP contribution in [-0.4, -0.2) is 11.9 Å². The molecule has 0 aromatic heterocycles. The second kappa shape index (κ2) is 4.83. The van der Waals surface area contributed by atoms with Crippen molar-refractivity contribution in [1.82, 2.24) is 0 Å². The monoisotopic (exact) mass is 304 g/mol. The van der Waals surface area contributed by atoms with Crippen LogP contribution in [0.25, 0.3) is 0 Å². The average molecular weight is 305 g/mol. The molecule has 0 radical (unpaired) electrons. The minimum atomic E-state index is -0.552. The summed E-state index contributed by atoms with van der Waals surface area (Å²) in [5, 5.41) is 10.8. The Bertz CT molecular complexity index is 701. The van der Waals surface area contributed by atoms with Crippen LogP contribution in [0.15, 0.2) is 36.4 Å². The molecule has 5 heteroatoms. The van der Waals surface area contributed by atoms with Gasteiger partial charge in [-0.2, -0.15) is 0 Å². The molecule has 0 spiro atoms. The minimum Gasteiger partial charge on any atom is -0.485 e. The molecule has 4 nitrogen and oxygen atoms in total. The van der Waals surface area contributed by atoms with Crippen LogP contribution in [0.4, 0.5) is 0 Å². The van der Waals surface area contributed by atoms with Crippen molar-refractivity contribution in [3.05, 3.63) is 52.5 Å².